The molecule has 0 amide bonds. The van der Waals surface area contributed by atoms with Crippen molar-refractivity contribution in [3.05, 3.63) is 59.2 Å². The summed E-state index contributed by atoms with van der Waals surface area (Å²) in [7, 11) is -1.83. The lowest BCUT2D eigenvalue weighted by Crippen LogP contribution is -2.25. The molecule has 0 spiro atoms. The number of nitrogens with zero attached hydrogens (tertiary/aromatic N) is 2. The quantitative estimate of drug-likeness (QED) is 0.625. The fraction of sp³-hybridized carbons (Fsp3) is 0.176. The Bertz CT molecular complexity index is 988. The van der Waals surface area contributed by atoms with E-state index in [1.807, 2.05) is 12.1 Å². The number of nitrogens with one attached hydrogen (secondary N) is 2. The lowest BCUT2D eigenvalue weighted by Gasteiger charge is -2.05. The van der Waals surface area contributed by atoms with Crippen LogP contribution in [-0.2, 0) is 16.4 Å². The summed E-state index contributed by atoms with van der Waals surface area (Å²) in [6.07, 6.45) is 2.22. The zero-order chi connectivity index (χ0) is 18.6. The van der Waals surface area contributed by atoms with E-state index >= 15 is 0 Å². The minimum absolute atomic E-state index is 0.258. The first-order valence-corrected chi connectivity index (χ1v) is 10.5. The van der Waals surface area contributed by atoms with Crippen LogP contribution in [0, 0.1) is 0 Å². The van der Waals surface area contributed by atoms with E-state index in [1.54, 1.807) is 43.6 Å². The van der Waals surface area contributed by atoms with Gasteiger partial charge in [0.15, 0.2) is 0 Å². The molecule has 9 heteroatoms. The standard InChI is InChI=1S/C17H17ClN4O2S2/c1-19-17-20-10-9-14(22-17)15-6-7-16(25-15)26(23,24)21-11-8-12-2-4-13(18)5-3-12/h2-7,9-10,21H,8,11H2,1H3,(H,19,20,22). The van der Waals surface area contributed by atoms with Gasteiger partial charge in [0.2, 0.25) is 16.0 Å². The van der Waals surface area contributed by atoms with Crippen molar-refractivity contribution in [2.24, 2.45) is 0 Å². The minimum atomic E-state index is -3.56. The summed E-state index contributed by atoms with van der Waals surface area (Å²) in [5.41, 5.74) is 1.70. The highest BCUT2D eigenvalue weighted by Crippen LogP contribution is 2.29. The number of rotatable bonds is 7. The first-order valence-electron chi connectivity index (χ1n) is 7.83. The summed E-state index contributed by atoms with van der Waals surface area (Å²) < 4.78 is 27.8. The second-order valence-corrected chi connectivity index (χ2v) is 8.92. The van der Waals surface area contributed by atoms with Crippen LogP contribution < -0.4 is 10.0 Å². The van der Waals surface area contributed by atoms with E-state index in [2.05, 4.69) is 20.0 Å². The molecule has 0 fully saturated rings. The Morgan fingerprint density at radius 3 is 2.62 bits per heavy atom. The van der Waals surface area contributed by atoms with E-state index in [0.717, 1.165) is 10.4 Å². The zero-order valence-electron chi connectivity index (χ0n) is 13.9. The summed E-state index contributed by atoms with van der Waals surface area (Å²) in [6.45, 7) is 0.314. The number of halogens is 1. The van der Waals surface area contributed by atoms with E-state index < -0.39 is 10.0 Å². The summed E-state index contributed by atoms with van der Waals surface area (Å²) in [6, 6.07) is 12.4. The number of aromatic nitrogens is 2. The molecule has 3 aromatic rings. The third-order valence-corrected chi connectivity index (χ3v) is 6.91. The van der Waals surface area contributed by atoms with E-state index in [1.165, 1.54) is 11.3 Å². The van der Waals surface area contributed by atoms with Crippen LogP contribution in [0.5, 0.6) is 0 Å². The minimum Gasteiger partial charge on any atom is -0.357 e. The molecule has 1 aromatic carbocycles. The molecule has 3 rings (SSSR count). The Morgan fingerprint density at radius 2 is 1.88 bits per heavy atom. The van der Waals surface area contributed by atoms with E-state index in [0.29, 0.717) is 29.6 Å². The van der Waals surface area contributed by atoms with Crippen LogP contribution in [0.1, 0.15) is 5.56 Å². The van der Waals surface area contributed by atoms with Crippen LogP contribution in [0.25, 0.3) is 10.6 Å². The summed E-state index contributed by atoms with van der Waals surface area (Å²) in [4.78, 5) is 9.15. The molecule has 0 bridgehead atoms. The van der Waals surface area contributed by atoms with Gasteiger partial charge >= 0.3 is 0 Å². The summed E-state index contributed by atoms with van der Waals surface area (Å²) in [5.74, 6) is 0.487. The smallest absolute Gasteiger partial charge is 0.250 e. The zero-order valence-corrected chi connectivity index (χ0v) is 16.3. The maximum absolute atomic E-state index is 12.5. The summed E-state index contributed by atoms with van der Waals surface area (Å²) >= 11 is 7.02. The van der Waals surface area contributed by atoms with Crippen molar-refractivity contribution in [3.63, 3.8) is 0 Å². The van der Waals surface area contributed by atoms with Gasteiger partial charge in [0.25, 0.3) is 0 Å². The monoisotopic (exact) mass is 408 g/mol. The molecular formula is C17H17ClN4O2S2. The topological polar surface area (TPSA) is 84.0 Å². The van der Waals surface area contributed by atoms with Gasteiger partial charge in [-0.1, -0.05) is 23.7 Å². The van der Waals surface area contributed by atoms with Crippen molar-refractivity contribution in [2.45, 2.75) is 10.6 Å². The number of benzene rings is 1. The lowest BCUT2D eigenvalue weighted by molar-refractivity contribution is 0.584. The molecule has 0 radical (unpaired) electrons. The largest absolute Gasteiger partial charge is 0.357 e. The van der Waals surface area contributed by atoms with Crippen LogP contribution >= 0.6 is 22.9 Å². The predicted molar refractivity (Wildman–Crippen MR) is 105 cm³/mol. The maximum atomic E-state index is 12.5. The van der Waals surface area contributed by atoms with Crippen LogP contribution in [0.4, 0.5) is 5.95 Å². The second-order valence-electron chi connectivity index (χ2n) is 5.41. The normalized spacial score (nSPS) is 11.5. The third-order valence-electron chi connectivity index (χ3n) is 3.60. The molecule has 2 heterocycles. The van der Waals surface area contributed by atoms with Gasteiger partial charge in [-0.15, -0.1) is 11.3 Å². The first kappa shape index (κ1) is 18.8. The molecule has 0 saturated carbocycles. The molecule has 0 aliphatic rings. The van der Waals surface area contributed by atoms with Gasteiger partial charge in [-0.3, -0.25) is 0 Å². The third kappa shape index (κ3) is 4.59. The molecule has 26 heavy (non-hydrogen) atoms. The molecule has 2 N–H and O–H groups in total. The van der Waals surface area contributed by atoms with Crippen molar-refractivity contribution >= 4 is 38.9 Å². The molecule has 6 nitrogen and oxygen atoms in total. The van der Waals surface area contributed by atoms with Gasteiger partial charge in [0.05, 0.1) is 10.6 Å². The second kappa shape index (κ2) is 8.13. The van der Waals surface area contributed by atoms with Crippen LogP contribution in [0.2, 0.25) is 5.02 Å². The van der Waals surface area contributed by atoms with Crippen molar-refractivity contribution in [1.82, 2.24) is 14.7 Å². The van der Waals surface area contributed by atoms with Gasteiger partial charge in [0, 0.05) is 24.8 Å². The molecule has 136 valence electrons. The highest BCUT2D eigenvalue weighted by atomic mass is 35.5. The van der Waals surface area contributed by atoms with Gasteiger partial charge < -0.3 is 5.32 Å². The fourth-order valence-corrected chi connectivity index (χ4v) is 4.75. The van der Waals surface area contributed by atoms with E-state index in [9.17, 15) is 8.42 Å². The SMILES string of the molecule is CNc1nccc(-c2ccc(S(=O)(=O)NCCc3ccc(Cl)cc3)s2)n1. The Morgan fingerprint density at radius 1 is 1.12 bits per heavy atom. The number of thiophene rings is 1. The molecule has 0 unspecified atom stereocenters. The number of hydrogen-bond donors (Lipinski definition) is 2. The van der Waals surface area contributed by atoms with Gasteiger partial charge in [-0.05, 0) is 42.3 Å². The Kier molecular flexibility index (Phi) is 5.87. The molecule has 0 aliphatic heterocycles. The van der Waals surface area contributed by atoms with Crippen molar-refractivity contribution in [2.75, 3.05) is 18.9 Å². The first-order chi connectivity index (χ1) is 12.5. The molecule has 2 aromatic heterocycles. The molecule has 0 saturated heterocycles. The van der Waals surface area contributed by atoms with Gasteiger partial charge in [-0.2, -0.15) is 0 Å². The molecule has 0 aliphatic carbocycles. The molecule has 0 atom stereocenters. The Balaban J connectivity index is 1.67. The van der Waals surface area contributed by atoms with Crippen LogP contribution in [-0.4, -0.2) is 32.0 Å². The van der Waals surface area contributed by atoms with Crippen LogP contribution in [0.3, 0.4) is 0 Å². The summed E-state index contributed by atoms with van der Waals surface area (Å²) in [5, 5.41) is 3.52. The van der Waals surface area contributed by atoms with Crippen molar-refractivity contribution in [1.29, 1.82) is 0 Å². The van der Waals surface area contributed by atoms with Crippen molar-refractivity contribution < 1.29 is 8.42 Å². The lowest BCUT2D eigenvalue weighted by atomic mass is 10.2. The highest BCUT2D eigenvalue weighted by Gasteiger charge is 2.17. The Labute approximate surface area is 161 Å². The van der Waals surface area contributed by atoms with E-state index in [-0.39, 0.29) is 4.21 Å². The average Bonchev–Trinajstić information content (AvgIpc) is 3.14. The number of sulfonamides is 1. The van der Waals surface area contributed by atoms with Crippen molar-refractivity contribution in [3.8, 4) is 10.6 Å². The Hall–Kier alpha value is -2.00. The fourth-order valence-electron chi connectivity index (χ4n) is 2.27. The average molecular weight is 409 g/mol. The predicted octanol–water partition coefficient (Wildman–Crippen LogP) is 3.42. The van der Waals surface area contributed by atoms with Gasteiger partial charge in [0.1, 0.15) is 4.21 Å². The van der Waals surface area contributed by atoms with Gasteiger partial charge in [-0.25, -0.2) is 23.1 Å². The molecular weight excluding hydrogens is 392 g/mol. The van der Waals surface area contributed by atoms with Crippen LogP contribution in [0.15, 0.2) is 52.9 Å². The maximum Gasteiger partial charge on any atom is 0.250 e. The highest BCUT2D eigenvalue weighted by molar-refractivity contribution is 7.91. The number of anilines is 1. The number of hydrogen-bond acceptors (Lipinski definition) is 6. The van der Waals surface area contributed by atoms with E-state index in [4.69, 9.17) is 11.6 Å².